The van der Waals surface area contributed by atoms with Gasteiger partial charge in [0.05, 0.1) is 18.8 Å². The molecule has 0 radical (unpaired) electrons. The van der Waals surface area contributed by atoms with Crippen molar-refractivity contribution in [3.63, 3.8) is 0 Å². The Kier molecular flexibility index (Phi) is 2.88. The molecule has 4 nitrogen and oxygen atoms in total. The van der Waals surface area contributed by atoms with E-state index in [1.807, 2.05) is 6.92 Å². The van der Waals surface area contributed by atoms with Crippen molar-refractivity contribution in [3.8, 4) is 0 Å². The first-order chi connectivity index (χ1) is 8.75. The molecule has 19 heavy (non-hydrogen) atoms. The first kappa shape index (κ1) is 13.6. The van der Waals surface area contributed by atoms with Gasteiger partial charge in [-0.1, -0.05) is 26.3 Å². The quantitative estimate of drug-likeness (QED) is 0.577. The Balaban J connectivity index is 2.11. The Labute approximate surface area is 114 Å². The third-order valence-corrected chi connectivity index (χ3v) is 5.50. The summed E-state index contributed by atoms with van der Waals surface area (Å²) >= 11 is 0. The lowest BCUT2D eigenvalue weighted by molar-refractivity contribution is -0.116. The van der Waals surface area contributed by atoms with Gasteiger partial charge >= 0.3 is 0 Å². The lowest BCUT2D eigenvalue weighted by Crippen LogP contribution is -2.54. The van der Waals surface area contributed by atoms with Gasteiger partial charge in [0.1, 0.15) is 0 Å². The van der Waals surface area contributed by atoms with Crippen LogP contribution in [0.25, 0.3) is 0 Å². The number of hydrogen-bond donors (Lipinski definition) is 3. The van der Waals surface area contributed by atoms with Crippen molar-refractivity contribution in [3.05, 3.63) is 11.1 Å². The monoisotopic (exact) mass is 268 g/mol. The summed E-state index contributed by atoms with van der Waals surface area (Å²) in [5, 5.41) is 30.9. The second kappa shape index (κ2) is 4.04. The van der Waals surface area contributed by atoms with E-state index in [1.54, 1.807) is 0 Å². The molecule has 0 aromatic heterocycles. The molecular formula is C15H24O4. The summed E-state index contributed by atoms with van der Waals surface area (Å²) in [4.78, 5) is 0. The number of hydrogen-bond acceptors (Lipinski definition) is 4. The zero-order valence-electron chi connectivity index (χ0n) is 11.9. The summed E-state index contributed by atoms with van der Waals surface area (Å²) in [6.07, 6.45) is 0.0916. The van der Waals surface area contributed by atoms with Crippen molar-refractivity contribution in [2.24, 2.45) is 16.7 Å². The fourth-order valence-corrected chi connectivity index (χ4v) is 4.19. The van der Waals surface area contributed by atoms with Gasteiger partial charge < -0.3 is 20.1 Å². The van der Waals surface area contributed by atoms with Gasteiger partial charge in [-0.15, -0.1) is 0 Å². The Morgan fingerprint density at radius 2 is 1.79 bits per heavy atom. The van der Waals surface area contributed by atoms with E-state index in [1.165, 1.54) is 0 Å². The van der Waals surface area contributed by atoms with Crippen molar-refractivity contribution in [1.82, 2.24) is 0 Å². The first-order valence-electron chi connectivity index (χ1n) is 7.14. The van der Waals surface area contributed by atoms with Crippen LogP contribution < -0.4 is 0 Å². The van der Waals surface area contributed by atoms with Crippen molar-refractivity contribution < 1.29 is 20.1 Å². The van der Waals surface area contributed by atoms with Crippen LogP contribution in [0, 0.1) is 16.7 Å². The van der Waals surface area contributed by atoms with Crippen LogP contribution in [-0.4, -0.2) is 40.4 Å². The van der Waals surface area contributed by atoms with E-state index >= 15 is 0 Å². The standard InChI is InChI=1S/C15H24O4/c1-14(2)5-10-9-7-19-13(18)8(9)4-11(16)15(10,3)12(17)6-14/h8,11-13,16-18H,4-7H2,1-3H3/t8-,11+,12+,13+,15-/m1/s1. The molecule has 1 heterocycles. The number of ether oxygens (including phenoxy) is 1. The first-order valence-corrected chi connectivity index (χ1v) is 7.14. The molecule has 5 atom stereocenters. The molecule has 1 aliphatic heterocycles. The maximum Gasteiger partial charge on any atom is 0.161 e. The van der Waals surface area contributed by atoms with E-state index in [0.29, 0.717) is 19.4 Å². The van der Waals surface area contributed by atoms with Crippen LogP contribution in [-0.2, 0) is 4.74 Å². The van der Waals surface area contributed by atoms with Gasteiger partial charge in [-0.2, -0.15) is 0 Å². The molecule has 1 saturated heterocycles. The van der Waals surface area contributed by atoms with E-state index in [2.05, 4.69) is 13.8 Å². The van der Waals surface area contributed by atoms with Crippen LogP contribution in [0.3, 0.4) is 0 Å². The average molecular weight is 268 g/mol. The zero-order chi connectivity index (χ0) is 14.0. The number of rotatable bonds is 0. The van der Waals surface area contributed by atoms with Crippen LogP contribution in [0.15, 0.2) is 11.1 Å². The highest BCUT2D eigenvalue weighted by atomic mass is 16.6. The molecule has 4 heteroatoms. The van der Waals surface area contributed by atoms with Gasteiger partial charge in [-0.25, -0.2) is 0 Å². The summed E-state index contributed by atoms with van der Waals surface area (Å²) in [5.41, 5.74) is 1.69. The fourth-order valence-electron chi connectivity index (χ4n) is 4.19. The van der Waals surface area contributed by atoms with Crippen LogP contribution in [0.1, 0.15) is 40.0 Å². The number of aliphatic hydroxyl groups is 3. The van der Waals surface area contributed by atoms with Gasteiger partial charge in [0.2, 0.25) is 0 Å². The molecule has 0 bridgehead atoms. The molecule has 2 fully saturated rings. The second-order valence-corrected chi connectivity index (χ2v) is 7.41. The molecule has 3 N–H and O–H groups in total. The highest BCUT2D eigenvalue weighted by Gasteiger charge is 2.56. The van der Waals surface area contributed by atoms with Crippen molar-refractivity contribution in [1.29, 1.82) is 0 Å². The molecule has 0 aromatic rings. The Hall–Kier alpha value is -0.420. The van der Waals surface area contributed by atoms with Gasteiger partial charge in [-0.05, 0) is 30.3 Å². The number of aliphatic hydroxyl groups excluding tert-OH is 3. The summed E-state index contributed by atoms with van der Waals surface area (Å²) in [7, 11) is 0. The van der Waals surface area contributed by atoms with E-state index in [-0.39, 0.29) is 11.3 Å². The predicted octanol–water partition coefficient (Wildman–Crippen LogP) is 1.20. The van der Waals surface area contributed by atoms with Gasteiger partial charge in [0, 0.05) is 11.3 Å². The lowest BCUT2D eigenvalue weighted by atomic mass is 9.54. The van der Waals surface area contributed by atoms with Crippen molar-refractivity contribution in [2.75, 3.05) is 6.61 Å². The topological polar surface area (TPSA) is 69.9 Å². The fraction of sp³-hybridized carbons (Fsp3) is 0.867. The highest BCUT2D eigenvalue weighted by Crippen LogP contribution is 2.57. The number of fused-ring (bicyclic) bond motifs is 2. The summed E-state index contributed by atoms with van der Waals surface area (Å²) in [6.45, 7) is 6.68. The summed E-state index contributed by atoms with van der Waals surface area (Å²) in [5.74, 6) is -0.0980. The largest absolute Gasteiger partial charge is 0.392 e. The molecule has 0 amide bonds. The predicted molar refractivity (Wildman–Crippen MR) is 70.2 cm³/mol. The third kappa shape index (κ3) is 1.81. The van der Waals surface area contributed by atoms with Gasteiger partial charge in [0.25, 0.3) is 0 Å². The molecule has 0 unspecified atom stereocenters. The maximum atomic E-state index is 10.6. The molecular weight excluding hydrogens is 244 g/mol. The van der Waals surface area contributed by atoms with Crippen molar-refractivity contribution in [2.45, 2.75) is 58.5 Å². The highest BCUT2D eigenvalue weighted by molar-refractivity contribution is 5.35. The van der Waals surface area contributed by atoms with E-state index in [4.69, 9.17) is 4.74 Å². The molecule has 3 rings (SSSR count). The normalized spacial score (nSPS) is 48.9. The summed E-state index contributed by atoms with van der Waals surface area (Å²) < 4.78 is 5.35. The SMILES string of the molecule is CC1(C)CC2=C3CO[C@H](O)[C@@H]3C[C@H](O)[C@]2(C)[C@@H](O)C1. The van der Waals surface area contributed by atoms with E-state index < -0.39 is 23.9 Å². The molecule has 108 valence electrons. The van der Waals surface area contributed by atoms with Crippen LogP contribution in [0.4, 0.5) is 0 Å². The van der Waals surface area contributed by atoms with Crippen molar-refractivity contribution >= 4 is 0 Å². The third-order valence-electron chi connectivity index (χ3n) is 5.50. The van der Waals surface area contributed by atoms with E-state index in [0.717, 1.165) is 17.6 Å². The zero-order valence-corrected chi connectivity index (χ0v) is 11.9. The Morgan fingerprint density at radius 1 is 1.11 bits per heavy atom. The Bertz CT molecular complexity index is 428. The second-order valence-electron chi connectivity index (χ2n) is 7.41. The smallest absolute Gasteiger partial charge is 0.161 e. The maximum absolute atomic E-state index is 10.6. The minimum absolute atomic E-state index is 0.0242. The minimum atomic E-state index is -0.802. The minimum Gasteiger partial charge on any atom is -0.392 e. The molecule has 0 aromatic carbocycles. The van der Waals surface area contributed by atoms with Gasteiger partial charge in [-0.3, -0.25) is 0 Å². The molecule has 3 aliphatic rings. The van der Waals surface area contributed by atoms with Crippen LogP contribution in [0.2, 0.25) is 0 Å². The molecule has 1 saturated carbocycles. The van der Waals surface area contributed by atoms with E-state index in [9.17, 15) is 15.3 Å². The lowest BCUT2D eigenvalue weighted by Gasteiger charge is -2.53. The molecule has 2 aliphatic carbocycles. The average Bonchev–Trinajstić information content (AvgIpc) is 2.64. The van der Waals surface area contributed by atoms with Crippen LogP contribution in [0.5, 0.6) is 0 Å². The van der Waals surface area contributed by atoms with Crippen LogP contribution >= 0.6 is 0 Å². The van der Waals surface area contributed by atoms with Gasteiger partial charge in [0.15, 0.2) is 6.29 Å². The summed E-state index contributed by atoms with van der Waals surface area (Å²) in [6, 6.07) is 0. The molecule has 0 spiro atoms. The Morgan fingerprint density at radius 3 is 2.47 bits per heavy atom.